The molecular weight excluding hydrogens is 479 g/mol. The number of benzene rings is 1. The summed E-state index contributed by atoms with van der Waals surface area (Å²) < 4.78 is 34.1. The summed E-state index contributed by atoms with van der Waals surface area (Å²) in [6.45, 7) is 0. The third-order valence-corrected chi connectivity index (χ3v) is 2.94. The summed E-state index contributed by atoms with van der Waals surface area (Å²) in [5.41, 5.74) is -0.331. The van der Waals surface area contributed by atoms with Gasteiger partial charge in [-0.05, 0) is 12.1 Å². The molecule has 17 nitrogen and oxygen atoms in total. The molecule has 3 rings (SSSR count). The van der Waals surface area contributed by atoms with E-state index >= 15 is 0 Å². The Hall–Kier alpha value is -1.26. The van der Waals surface area contributed by atoms with Crippen molar-refractivity contribution >= 4 is 15.9 Å². The van der Waals surface area contributed by atoms with Crippen LogP contribution in [0.3, 0.4) is 0 Å². The summed E-state index contributed by atoms with van der Waals surface area (Å²) in [6, 6.07) is 3.16. The molecule has 2 aliphatic heterocycles. The van der Waals surface area contributed by atoms with Crippen molar-refractivity contribution in [1.29, 1.82) is 0 Å². The molecule has 0 bridgehead atoms. The van der Waals surface area contributed by atoms with E-state index in [2.05, 4.69) is 17.3 Å². The fourth-order valence-electron chi connectivity index (χ4n) is 0.829. The van der Waals surface area contributed by atoms with Gasteiger partial charge in [0.05, 0.1) is 15.9 Å². The Balaban J connectivity index is -0.0000000439. The molecule has 0 unspecified atom stereocenters. The number of hydrogen-bond donors (Lipinski definition) is 7. The third kappa shape index (κ3) is 9.44. The monoisotopic (exact) mass is 504 g/mol. The number of rotatable bonds is 1. The average molecular weight is 503 g/mol. The van der Waals surface area contributed by atoms with Gasteiger partial charge in [0.25, 0.3) is 0 Å². The molecule has 163 valence electrons. The summed E-state index contributed by atoms with van der Waals surface area (Å²) in [6.07, 6.45) is 0. The van der Waals surface area contributed by atoms with Crippen LogP contribution in [0.15, 0.2) is 18.2 Å². The average Bonchev–Trinajstić information content (AvgIpc) is 3.06. The van der Waals surface area contributed by atoms with E-state index in [9.17, 15) is 19.0 Å². The summed E-state index contributed by atoms with van der Waals surface area (Å²) in [5, 5.41) is 27.8. The molecule has 21 N–H and O–H groups in total. The molecule has 0 amide bonds. The van der Waals surface area contributed by atoms with E-state index < -0.39 is 21.7 Å². The molecule has 1 aromatic carbocycles. The minimum absolute atomic E-state index is 0. The summed E-state index contributed by atoms with van der Waals surface area (Å²) in [5.74, 6) is -2.15. The van der Waals surface area contributed by atoms with Crippen LogP contribution in [-0.4, -0.2) is 36.2 Å². The van der Waals surface area contributed by atoms with Gasteiger partial charge in [-0.15, -0.1) is 17.3 Å². The van der Waals surface area contributed by atoms with Gasteiger partial charge < -0.3 is 70.9 Å². The Bertz CT molecular complexity index is 539. The van der Waals surface area contributed by atoms with Crippen molar-refractivity contribution < 1.29 is 77.0 Å². The molecule has 0 aromatic heterocycles. The molecule has 2 aliphatic rings. The maximum absolute atomic E-state index is 10.2. The summed E-state index contributed by atoms with van der Waals surface area (Å²) in [7, 11) is -5.47. The Morgan fingerprint density at radius 2 is 1.23 bits per heavy atom. The molecule has 0 saturated carbocycles. The largest absolute Gasteiger partial charge is 3.00 e. The molecule has 2 saturated heterocycles. The zero-order valence-corrected chi connectivity index (χ0v) is 15.7. The van der Waals surface area contributed by atoms with Crippen molar-refractivity contribution in [1.82, 2.24) is 30.8 Å². The number of hydrogen-bond acceptors (Lipinski definition) is 15. The van der Waals surface area contributed by atoms with E-state index in [1.54, 1.807) is 0 Å². The van der Waals surface area contributed by atoms with E-state index in [4.69, 9.17) is 10.2 Å². The molecule has 1 radical (unpaired) electrons. The van der Waals surface area contributed by atoms with Crippen LogP contribution in [0.2, 0.25) is 0 Å². The fraction of sp³-hybridized carbons (Fsp3) is 0. The van der Waals surface area contributed by atoms with E-state index in [-0.39, 0.29) is 72.5 Å². The first kappa shape index (κ1) is 44.3. The maximum atomic E-state index is 10.2. The first-order valence-electron chi connectivity index (χ1n) is 4.18. The van der Waals surface area contributed by atoms with Crippen LogP contribution in [0.25, 0.3) is 0 Å². The number of aromatic carboxylic acids is 1. The van der Waals surface area contributed by atoms with Crippen LogP contribution in [-0.2, 0) is 36.8 Å². The van der Waals surface area contributed by atoms with Crippen molar-refractivity contribution in [2.75, 3.05) is 0 Å². The normalized spacial score (nSPS) is 19.0. The smallest absolute Gasteiger partial charge is 0.752 e. The topological polar surface area (TPSA) is 415 Å². The Labute approximate surface area is 159 Å². The van der Waals surface area contributed by atoms with E-state index in [0.29, 0.717) is 0 Å². The van der Waals surface area contributed by atoms with Crippen LogP contribution in [0.1, 0.15) is 10.4 Å². The molecule has 0 atom stereocenters. The first-order valence-corrected chi connectivity index (χ1v) is 6.18. The zero-order chi connectivity index (χ0) is 13.7. The van der Waals surface area contributed by atoms with Crippen molar-refractivity contribution in [2.24, 2.45) is 0 Å². The number of carbonyl (C=O) groups excluding carboxylic acids is 1. The molecule has 1 spiro atoms. The van der Waals surface area contributed by atoms with E-state index in [0.717, 1.165) is 18.2 Å². The van der Waals surface area contributed by atoms with E-state index in [1.807, 2.05) is 0 Å². The predicted octanol–water partition coefficient (Wildman–Crippen LogP) is -1.67. The minimum atomic E-state index is -5.47. The fourth-order valence-corrected chi connectivity index (χ4v) is 1.65. The van der Waals surface area contributed by atoms with Gasteiger partial charge in [-0.3, -0.25) is 0 Å². The van der Waals surface area contributed by atoms with Crippen molar-refractivity contribution in [3.8, 4) is 11.5 Å². The van der Waals surface area contributed by atoms with Gasteiger partial charge in [-0.25, -0.2) is 0 Å². The number of carboxylic acids is 1. The quantitative estimate of drug-likeness (QED) is 0.128. The molecular formula is C7H24N5O12RuS. The number of carboxylic acid groups (broad SMARTS) is 1. The number of aromatic hydroxyl groups is 2. The molecule has 0 aliphatic carbocycles. The molecule has 2 fully saturated rings. The van der Waals surface area contributed by atoms with Crippen LogP contribution >= 0.6 is 9.98 Å². The van der Waals surface area contributed by atoms with Gasteiger partial charge in [0.1, 0.15) is 11.5 Å². The van der Waals surface area contributed by atoms with Crippen LogP contribution in [0.4, 0.5) is 0 Å². The first-order chi connectivity index (χ1) is 8.08. The molecule has 19 heteroatoms. The predicted molar refractivity (Wildman–Crippen MR) is 79.9 cm³/mol. The summed E-state index contributed by atoms with van der Waals surface area (Å²) in [4.78, 5) is 10.2. The third-order valence-electron chi connectivity index (χ3n) is 1.78. The minimum Gasteiger partial charge on any atom is -0.752 e. The van der Waals surface area contributed by atoms with Crippen LogP contribution in [0, 0.1) is 0 Å². The van der Waals surface area contributed by atoms with Gasteiger partial charge in [0.15, 0.2) is 0 Å². The number of carbonyl (C=O) groups is 1. The van der Waals surface area contributed by atoms with E-state index in [1.165, 1.54) is 0 Å². The van der Waals surface area contributed by atoms with Crippen LogP contribution in [0.5, 0.6) is 11.5 Å². The molecule has 26 heavy (non-hydrogen) atoms. The van der Waals surface area contributed by atoms with Gasteiger partial charge in [-0.1, -0.05) is 0 Å². The Kier molecular flexibility index (Phi) is 19.5. The number of phenolic OH excluding ortho intramolecular Hbond substituents is 1. The molecule has 2 heterocycles. The Morgan fingerprint density at radius 1 is 0.885 bits per heavy atom. The summed E-state index contributed by atoms with van der Waals surface area (Å²) >= 11 is 0. The van der Waals surface area contributed by atoms with Crippen molar-refractivity contribution in [3.05, 3.63) is 23.8 Å². The zero-order valence-electron chi connectivity index (χ0n) is 13.2. The second-order valence-corrected chi connectivity index (χ2v) is 5.87. The van der Waals surface area contributed by atoms with Gasteiger partial charge in [0, 0.05) is 11.6 Å². The van der Waals surface area contributed by atoms with Crippen molar-refractivity contribution in [2.45, 2.75) is 0 Å². The molecule has 1 aromatic rings. The second-order valence-electron chi connectivity index (χ2n) is 3.28. The SMILES string of the molecule is N.N.N.N.N.O.O.O=C([O-])c1ccc(O)cc1O.[O-]S12([O-])(OO1)OO2.[Ru+3]. The van der Waals surface area contributed by atoms with Gasteiger partial charge >= 0.3 is 19.5 Å². The maximum Gasteiger partial charge on any atom is 3.00 e. The number of phenols is 2. The second kappa shape index (κ2) is 11.5. The van der Waals surface area contributed by atoms with Crippen molar-refractivity contribution in [3.63, 3.8) is 0 Å². The van der Waals surface area contributed by atoms with Gasteiger partial charge in [0.2, 0.25) is 0 Å². The Morgan fingerprint density at radius 3 is 1.42 bits per heavy atom. The van der Waals surface area contributed by atoms with Crippen LogP contribution < -0.4 is 35.9 Å². The standard InChI is InChI=1S/C7H6O4.5H3N.H2O6S.2H2O.Ru/c8-4-1-2-5(7(10)11)6(9)3-4;;;;;;1-7(2,3-4-7)5-6-7;;;/h1-3,8-9H,(H,10,11);5*1H3;1-2H;2*1H2;/q;;;;;;;;;+3/p-3. The van der Waals surface area contributed by atoms with Gasteiger partial charge in [-0.2, -0.15) is 0 Å².